The van der Waals surface area contributed by atoms with E-state index in [2.05, 4.69) is 10.2 Å². The van der Waals surface area contributed by atoms with Crippen molar-refractivity contribution in [2.75, 3.05) is 0 Å². The lowest BCUT2D eigenvalue weighted by atomic mass is 10.1. The molecule has 4 nitrogen and oxygen atoms in total. The molecule has 35 heavy (non-hydrogen) atoms. The third kappa shape index (κ3) is 3.46. The van der Waals surface area contributed by atoms with Crippen molar-refractivity contribution in [2.45, 2.75) is 12.4 Å². The lowest BCUT2D eigenvalue weighted by molar-refractivity contribution is -0.140. The molecule has 0 unspecified atom stereocenters. The molecule has 0 N–H and O–H groups in total. The Kier molecular flexibility index (Phi) is 5.25. The predicted octanol–water partition coefficient (Wildman–Crippen LogP) is 5.47. The van der Waals surface area contributed by atoms with Gasteiger partial charge in [-0.05, 0) is 0 Å². The van der Waals surface area contributed by atoms with Gasteiger partial charge in [-0.25, -0.2) is 35.1 Å². The van der Waals surface area contributed by atoms with Crippen LogP contribution in [0.4, 0.5) is 61.5 Å². The van der Waals surface area contributed by atoms with E-state index in [4.69, 9.17) is 0 Å². The number of hydrogen-bond donors (Lipinski definition) is 0. The summed E-state index contributed by atoms with van der Waals surface area (Å²) >= 11 is 0. The molecule has 0 saturated carbocycles. The zero-order chi connectivity index (χ0) is 26.4. The van der Waals surface area contributed by atoms with E-state index in [9.17, 15) is 61.5 Å². The van der Waals surface area contributed by atoms with Crippen molar-refractivity contribution in [3.05, 3.63) is 57.9 Å². The Bertz CT molecular complexity index is 1420. The second-order valence-electron chi connectivity index (χ2n) is 6.66. The summed E-state index contributed by atoms with van der Waals surface area (Å²) in [6.45, 7) is 0. The lowest BCUT2D eigenvalue weighted by Gasteiger charge is -2.07. The topological polar surface area (TPSA) is 35.6 Å². The molecule has 2 aromatic heterocycles. The zero-order valence-corrected chi connectivity index (χ0v) is 15.7. The van der Waals surface area contributed by atoms with Gasteiger partial charge in [0.1, 0.15) is 0 Å². The number of aromatic nitrogens is 4. The van der Waals surface area contributed by atoms with Gasteiger partial charge in [0, 0.05) is 0 Å². The summed E-state index contributed by atoms with van der Waals surface area (Å²) in [6, 6.07) is 0. The molecule has 185 valence electrons. The number of benzene rings is 2. The van der Waals surface area contributed by atoms with Crippen molar-refractivity contribution in [3.8, 4) is 0 Å². The number of hydrogen-bond acceptors (Lipinski definition) is 2. The predicted molar refractivity (Wildman–Crippen MR) is 85.7 cm³/mol. The maximum atomic E-state index is 14.3. The van der Waals surface area contributed by atoms with Gasteiger partial charge in [0.25, 0.3) is 0 Å². The van der Waals surface area contributed by atoms with E-state index in [1.807, 2.05) is 0 Å². The number of rotatable bonds is 2. The molecule has 0 fully saturated rings. The van der Waals surface area contributed by atoms with Crippen LogP contribution >= 0.6 is 0 Å². The van der Waals surface area contributed by atoms with Crippen molar-refractivity contribution in [1.82, 2.24) is 19.4 Å². The Balaban J connectivity index is 2.11. The first kappa shape index (κ1) is 24.6. The molecule has 0 spiro atoms. The van der Waals surface area contributed by atoms with Gasteiger partial charge in [-0.1, -0.05) is 0 Å². The number of nitrogens with zero attached hydrogens (tertiary/aromatic N) is 4. The molecule has 19 heteroatoms. The second-order valence-corrected chi connectivity index (χ2v) is 6.66. The molecule has 2 heterocycles. The first-order chi connectivity index (χ1) is 16.0. The number of fused-ring (bicyclic) bond motifs is 2. The summed E-state index contributed by atoms with van der Waals surface area (Å²) in [5.74, 6) is -21.0. The number of alkyl halides is 6. The molecule has 0 aliphatic heterocycles. The normalized spacial score (nSPS) is 12.9. The van der Waals surface area contributed by atoms with Crippen LogP contribution in [0.25, 0.3) is 21.8 Å². The summed E-state index contributed by atoms with van der Waals surface area (Å²) in [5.41, 5.74) is -8.52. The van der Waals surface area contributed by atoms with Gasteiger partial charge in [0.15, 0.2) is 57.9 Å². The van der Waals surface area contributed by atoms with Gasteiger partial charge >= 0.3 is 19.9 Å². The van der Waals surface area contributed by atoms with Crippen LogP contribution in [0, 0.1) is 46.5 Å². The van der Waals surface area contributed by atoms with E-state index in [1.165, 1.54) is 0 Å². The molecule has 0 bridgehead atoms. The summed E-state index contributed by atoms with van der Waals surface area (Å²) in [7, 11) is -0.283. The van der Waals surface area contributed by atoms with Gasteiger partial charge < -0.3 is 0 Å². The van der Waals surface area contributed by atoms with Crippen LogP contribution in [0.3, 0.4) is 0 Å². The highest BCUT2D eigenvalue weighted by atomic mass is 19.4. The molecular weight excluding hydrogens is 525 g/mol. The van der Waals surface area contributed by atoms with E-state index in [-0.39, 0.29) is 7.55 Å². The smallest absolute Gasteiger partial charge is 0.282 e. The average Bonchev–Trinajstić information content (AvgIpc) is 3.33. The van der Waals surface area contributed by atoms with Gasteiger partial charge in [0.2, 0.25) is 0 Å². The average molecular weight is 525 g/mol. The fraction of sp³-hybridized carbons (Fsp3) is 0.125. The molecule has 4 aromatic rings. The Morgan fingerprint density at radius 2 is 0.743 bits per heavy atom. The lowest BCUT2D eigenvalue weighted by Crippen LogP contribution is -2.22. The Hall–Kier alpha value is -3.54. The number of halogens is 14. The van der Waals surface area contributed by atoms with Crippen molar-refractivity contribution in [2.24, 2.45) is 0 Å². The molecule has 0 saturated heterocycles. The Morgan fingerprint density at radius 1 is 0.457 bits per heavy atom. The molecule has 2 aromatic carbocycles. The Labute approximate surface area is 181 Å². The highest BCUT2D eigenvalue weighted by Crippen LogP contribution is 2.40. The van der Waals surface area contributed by atoms with Gasteiger partial charge in [-0.2, -0.15) is 36.5 Å². The SMILES string of the molecule is Fc1c(F)c(F)c2c(c(C(F)(F)F)nn2[B]n2nc(C(F)(F)F)c3c(F)c(F)c(F)c(F)c32)c1F. The molecular formula is C16BF14N4. The fourth-order valence-electron chi connectivity index (χ4n) is 3.19. The summed E-state index contributed by atoms with van der Waals surface area (Å²) in [6.07, 6.45) is -11.4. The third-order valence-corrected chi connectivity index (χ3v) is 4.59. The van der Waals surface area contributed by atoms with E-state index in [0.717, 1.165) is 0 Å². The third-order valence-electron chi connectivity index (χ3n) is 4.59. The van der Waals surface area contributed by atoms with Crippen LogP contribution < -0.4 is 0 Å². The highest BCUT2D eigenvalue weighted by molar-refractivity contribution is 6.35. The van der Waals surface area contributed by atoms with E-state index >= 15 is 0 Å². The minimum absolute atomic E-state index is 0.283. The van der Waals surface area contributed by atoms with Crippen LogP contribution in [0.1, 0.15) is 11.4 Å². The minimum Gasteiger partial charge on any atom is -0.282 e. The highest BCUT2D eigenvalue weighted by Gasteiger charge is 2.43. The fourth-order valence-corrected chi connectivity index (χ4v) is 3.19. The van der Waals surface area contributed by atoms with E-state index in [0.29, 0.717) is 0 Å². The van der Waals surface area contributed by atoms with Crippen molar-refractivity contribution in [1.29, 1.82) is 0 Å². The monoisotopic (exact) mass is 525 g/mol. The molecule has 0 atom stereocenters. The maximum Gasteiger partial charge on any atom is 0.438 e. The van der Waals surface area contributed by atoms with Crippen molar-refractivity contribution in [3.63, 3.8) is 0 Å². The largest absolute Gasteiger partial charge is 0.438 e. The standard InChI is InChI=1S/C16BF14N4/c18-3-1-11(9(24)7(22)5(3)20)34(32-13(1)15(26,27)28)17-35-12-2(14(33-35)16(29,30)31)4(19)6(21)8(23)10(12)25. The zero-order valence-electron chi connectivity index (χ0n) is 15.7. The maximum absolute atomic E-state index is 14.3. The molecule has 0 amide bonds. The summed E-state index contributed by atoms with van der Waals surface area (Å²) < 4.78 is 190. The summed E-state index contributed by atoms with van der Waals surface area (Å²) in [4.78, 5) is 0. The molecule has 4 rings (SSSR count). The quantitative estimate of drug-likeness (QED) is 0.151. The Morgan fingerprint density at radius 3 is 1.03 bits per heavy atom. The van der Waals surface area contributed by atoms with E-state index in [1.54, 1.807) is 0 Å². The van der Waals surface area contributed by atoms with Gasteiger partial charge in [-0.3, -0.25) is 9.19 Å². The first-order valence-electron chi connectivity index (χ1n) is 8.46. The van der Waals surface area contributed by atoms with Gasteiger partial charge in [-0.15, -0.1) is 0 Å². The van der Waals surface area contributed by atoms with Crippen LogP contribution in [-0.4, -0.2) is 26.9 Å². The minimum atomic E-state index is -5.69. The van der Waals surface area contributed by atoms with Crippen LogP contribution in [0.2, 0.25) is 0 Å². The van der Waals surface area contributed by atoms with Crippen LogP contribution in [0.15, 0.2) is 0 Å². The van der Waals surface area contributed by atoms with E-state index < -0.39 is 101 Å². The van der Waals surface area contributed by atoms with Crippen LogP contribution in [0.5, 0.6) is 0 Å². The molecule has 0 aliphatic carbocycles. The van der Waals surface area contributed by atoms with Crippen molar-refractivity contribution >= 4 is 29.4 Å². The van der Waals surface area contributed by atoms with Crippen LogP contribution in [-0.2, 0) is 12.4 Å². The molecule has 1 radical (unpaired) electrons. The van der Waals surface area contributed by atoms with Gasteiger partial charge in [0.05, 0.1) is 21.8 Å². The second kappa shape index (κ2) is 7.48. The van der Waals surface area contributed by atoms with Crippen molar-refractivity contribution < 1.29 is 61.5 Å². The summed E-state index contributed by atoms with van der Waals surface area (Å²) in [5, 5.41) is 1.20. The molecule has 0 aliphatic rings. The first-order valence-corrected chi connectivity index (χ1v) is 8.46.